The van der Waals surface area contributed by atoms with Gasteiger partial charge in [0.2, 0.25) is 11.8 Å². The van der Waals surface area contributed by atoms with Crippen molar-refractivity contribution in [3.05, 3.63) is 41.0 Å². The Bertz CT molecular complexity index is 1150. The Morgan fingerprint density at radius 3 is 2.24 bits per heavy atom. The van der Waals surface area contributed by atoms with Gasteiger partial charge in [0.25, 0.3) is 0 Å². The average Bonchev–Trinajstić information content (AvgIpc) is 3.41. The number of aryl methyl sites for hydroxylation is 1. The predicted molar refractivity (Wildman–Crippen MR) is 151 cm³/mol. The Labute approximate surface area is 230 Å². The van der Waals surface area contributed by atoms with E-state index >= 15 is 0 Å². The monoisotopic (exact) mass is 542 g/mol. The van der Waals surface area contributed by atoms with E-state index < -0.39 is 29.6 Å². The van der Waals surface area contributed by atoms with Crippen molar-refractivity contribution in [2.24, 2.45) is 5.41 Å². The van der Waals surface area contributed by atoms with Crippen LogP contribution in [0.1, 0.15) is 79.1 Å². The lowest BCUT2D eigenvalue weighted by Crippen LogP contribution is -2.60. The van der Waals surface area contributed by atoms with Crippen molar-refractivity contribution in [1.82, 2.24) is 20.5 Å². The quantitative estimate of drug-likeness (QED) is 0.495. The van der Waals surface area contributed by atoms with Crippen LogP contribution in [-0.2, 0) is 19.1 Å². The Hall–Kier alpha value is -2.78. The summed E-state index contributed by atoms with van der Waals surface area (Å²) < 4.78 is 5.45. The number of thiazole rings is 1. The molecule has 2 N–H and O–H groups in total. The van der Waals surface area contributed by atoms with Gasteiger partial charge in [-0.05, 0) is 51.2 Å². The van der Waals surface area contributed by atoms with Crippen LogP contribution in [0.15, 0.2) is 29.8 Å². The lowest BCUT2D eigenvalue weighted by atomic mass is 9.84. The van der Waals surface area contributed by atoms with E-state index in [2.05, 4.69) is 15.6 Å². The standard InChI is InChI=1S/C29H42N4O4S/c1-17(20-10-12-21(13-11-20)24-18(2)30-16-38-24)31-26(35)23-14-22(37-19(3)34)15-33(23)27(36)25(28(4,5)6)32-29(7,8)9/h10-13,16-17,22-23,25,32H,14-15H2,1-9H3,(H,31,35)/t17-,22+,23-,25+/m0/s1. The fourth-order valence-corrected chi connectivity index (χ4v) is 5.56. The Morgan fingerprint density at radius 2 is 1.74 bits per heavy atom. The summed E-state index contributed by atoms with van der Waals surface area (Å²) in [7, 11) is 0. The minimum absolute atomic E-state index is 0.167. The molecule has 9 heteroatoms. The molecule has 0 saturated carbocycles. The summed E-state index contributed by atoms with van der Waals surface area (Å²) in [5.74, 6) is -0.848. The molecule has 2 amide bonds. The molecule has 1 fully saturated rings. The average molecular weight is 543 g/mol. The van der Waals surface area contributed by atoms with Crippen molar-refractivity contribution in [3.8, 4) is 10.4 Å². The first-order valence-electron chi connectivity index (χ1n) is 13.1. The second-order valence-corrected chi connectivity index (χ2v) is 13.1. The maximum Gasteiger partial charge on any atom is 0.302 e. The lowest BCUT2D eigenvalue weighted by molar-refractivity contribution is -0.147. The third-order valence-electron chi connectivity index (χ3n) is 6.65. The molecule has 0 radical (unpaired) electrons. The molecule has 0 aliphatic carbocycles. The van der Waals surface area contributed by atoms with Crippen molar-refractivity contribution in [2.45, 2.75) is 98.5 Å². The SMILES string of the molecule is CC(=O)O[C@@H]1C[C@@H](C(=O)N[C@@H](C)c2ccc(-c3scnc3C)cc2)N(C(=O)[C@@H](NC(C)(C)C)C(C)(C)C)C1. The molecule has 1 aromatic carbocycles. The number of ether oxygens (including phenoxy) is 1. The van der Waals surface area contributed by atoms with Gasteiger partial charge in [0.05, 0.1) is 34.7 Å². The number of nitrogens with zero attached hydrogens (tertiary/aromatic N) is 2. The van der Waals surface area contributed by atoms with Crippen LogP contribution in [0.5, 0.6) is 0 Å². The summed E-state index contributed by atoms with van der Waals surface area (Å²) in [5.41, 5.74) is 4.17. The minimum Gasteiger partial charge on any atom is -0.461 e. The van der Waals surface area contributed by atoms with Gasteiger partial charge in [0.15, 0.2) is 0 Å². The fraction of sp³-hybridized carbons (Fsp3) is 0.586. The van der Waals surface area contributed by atoms with Crippen LogP contribution in [0.4, 0.5) is 0 Å². The van der Waals surface area contributed by atoms with Crippen molar-refractivity contribution in [1.29, 1.82) is 0 Å². The van der Waals surface area contributed by atoms with Crippen molar-refractivity contribution in [3.63, 3.8) is 0 Å². The molecule has 3 rings (SSSR count). The number of benzene rings is 1. The Morgan fingerprint density at radius 1 is 1.11 bits per heavy atom. The first-order chi connectivity index (χ1) is 17.6. The highest BCUT2D eigenvalue weighted by Gasteiger charge is 2.46. The summed E-state index contributed by atoms with van der Waals surface area (Å²) >= 11 is 1.60. The molecule has 1 aliphatic rings. The van der Waals surface area contributed by atoms with Crippen LogP contribution < -0.4 is 10.6 Å². The largest absolute Gasteiger partial charge is 0.461 e. The van der Waals surface area contributed by atoms with E-state index in [9.17, 15) is 14.4 Å². The number of carbonyl (C=O) groups is 3. The third kappa shape index (κ3) is 7.41. The smallest absolute Gasteiger partial charge is 0.302 e. The van der Waals surface area contributed by atoms with Gasteiger partial charge in [-0.25, -0.2) is 4.98 Å². The summed E-state index contributed by atoms with van der Waals surface area (Å²) in [6, 6.07) is 6.55. The van der Waals surface area contributed by atoms with Crippen LogP contribution >= 0.6 is 11.3 Å². The summed E-state index contributed by atoms with van der Waals surface area (Å²) in [6.07, 6.45) is -0.264. The van der Waals surface area contributed by atoms with Gasteiger partial charge in [-0.3, -0.25) is 14.4 Å². The first-order valence-corrected chi connectivity index (χ1v) is 14.0. The molecule has 2 heterocycles. The number of hydrogen-bond donors (Lipinski definition) is 2. The number of carbonyl (C=O) groups excluding carboxylic acids is 3. The van der Waals surface area contributed by atoms with Crippen molar-refractivity contribution in [2.75, 3.05) is 6.54 Å². The van der Waals surface area contributed by atoms with Gasteiger partial charge in [-0.2, -0.15) is 0 Å². The second kappa shape index (κ2) is 11.5. The molecule has 8 nitrogen and oxygen atoms in total. The zero-order valence-electron chi connectivity index (χ0n) is 24.0. The maximum absolute atomic E-state index is 13.9. The van der Waals surface area contributed by atoms with Crippen LogP contribution in [0.25, 0.3) is 10.4 Å². The van der Waals surface area contributed by atoms with Gasteiger partial charge >= 0.3 is 5.97 Å². The Balaban J connectivity index is 1.80. The predicted octanol–water partition coefficient (Wildman–Crippen LogP) is 4.63. The molecular weight excluding hydrogens is 500 g/mol. The molecule has 208 valence electrons. The molecular formula is C29H42N4O4S. The number of likely N-dealkylation sites (tertiary alicyclic amines) is 1. The van der Waals surface area contributed by atoms with E-state index in [1.165, 1.54) is 6.92 Å². The maximum atomic E-state index is 13.9. The first kappa shape index (κ1) is 29.8. The van der Waals surface area contributed by atoms with E-state index in [4.69, 9.17) is 4.74 Å². The highest BCUT2D eigenvalue weighted by Crippen LogP contribution is 2.30. The lowest BCUT2D eigenvalue weighted by Gasteiger charge is -2.39. The van der Waals surface area contributed by atoms with Gasteiger partial charge in [-0.15, -0.1) is 11.3 Å². The highest BCUT2D eigenvalue weighted by molar-refractivity contribution is 7.13. The molecule has 4 atom stereocenters. The summed E-state index contributed by atoms with van der Waals surface area (Å²) in [6.45, 7) is 17.5. The van der Waals surface area contributed by atoms with E-state index in [1.54, 1.807) is 16.2 Å². The van der Waals surface area contributed by atoms with E-state index in [0.717, 1.165) is 21.7 Å². The second-order valence-electron chi connectivity index (χ2n) is 12.3. The normalized spacial score (nSPS) is 19.7. The molecule has 0 spiro atoms. The van der Waals surface area contributed by atoms with E-state index in [1.807, 2.05) is 85.2 Å². The molecule has 0 bridgehead atoms. The molecule has 0 unspecified atom stereocenters. The molecule has 1 aliphatic heterocycles. The van der Waals surface area contributed by atoms with Gasteiger partial charge in [0.1, 0.15) is 12.1 Å². The van der Waals surface area contributed by atoms with Crippen molar-refractivity contribution < 1.29 is 19.1 Å². The van der Waals surface area contributed by atoms with Gasteiger partial charge < -0.3 is 20.3 Å². The highest BCUT2D eigenvalue weighted by atomic mass is 32.1. The van der Waals surface area contributed by atoms with Gasteiger partial charge in [0, 0.05) is 18.9 Å². The number of amides is 2. The molecule has 1 saturated heterocycles. The number of aromatic nitrogens is 1. The van der Waals surface area contributed by atoms with Crippen LogP contribution in [0.3, 0.4) is 0 Å². The van der Waals surface area contributed by atoms with E-state index in [0.29, 0.717) is 0 Å². The number of rotatable bonds is 7. The zero-order valence-corrected chi connectivity index (χ0v) is 24.9. The summed E-state index contributed by atoms with van der Waals surface area (Å²) in [4.78, 5) is 46.2. The zero-order chi connectivity index (χ0) is 28.4. The Kier molecular flexibility index (Phi) is 9.04. The van der Waals surface area contributed by atoms with Gasteiger partial charge in [-0.1, -0.05) is 45.0 Å². The molecule has 38 heavy (non-hydrogen) atoms. The van der Waals surface area contributed by atoms with Crippen LogP contribution in [0, 0.1) is 12.3 Å². The number of esters is 1. The molecule has 1 aromatic heterocycles. The fourth-order valence-electron chi connectivity index (χ4n) is 4.75. The van der Waals surface area contributed by atoms with Crippen LogP contribution in [-0.4, -0.2) is 57.9 Å². The molecule has 2 aromatic rings. The summed E-state index contributed by atoms with van der Waals surface area (Å²) in [5, 5.41) is 6.53. The van der Waals surface area contributed by atoms with Crippen molar-refractivity contribution >= 4 is 29.1 Å². The van der Waals surface area contributed by atoms with Crippen LogP contribution in [0.2, 0.25) is 0 Å². The number of hydrogen-bond acceptors (Lipinski definition) is 7. The minimum atomic E-state index is -0.736. The number of nitrogens with one attached hydrogen (secondary N) is 2. The van der Waals surface area contributed by atoms with E-state index in [-0.39, 0.29) is 36.4 Å². The topological polar surface area (TPSA) is 101 Å². The third-order valence-corrected chi connectivity index (χ3v) is 7.63.